The number of hydrogen-bond donors (Lipinski definition) is 1. The highest BCUT2D eigenvalue weighted by molar-refractivity contribution is 7.89. The van der Waals surface area contributed by atoms with Crippen molar-refractivity contribution >= 4 is 49.7 Å². The molecule has 2 aromatic carbocycles. The van der Waals surface area contributed by atoms with Crippen molar-refractivity contribution in [3.05, 3.63) is 51.8 Å². The number of nitrogen functional groups attached to an aromatic ring is 1. The van der Waals surface area contributed by atoms with Gasteiger partial charge in [0, 0.05) is 31.3 Å². The van der Waals surface area contributed by atoms with Gasteiger partial charge in [-0.05, 0) is 23.8 Å². The lowest BCUT2D eigenvalue weighted by Gasteiger charge is -2.16. The zero-order valence-electron chi connectivity index (χ0n) is 15.4. The third-order valence-corrected chi connectivity index (χ3v) is 6.76. The average molecular weight is 441 g/mol. The van der Waals surface area contributed by atoms with Crippen molar-refractivity contribution in [3.63, 3.8) is 0 Å². The molecule has 0 amide bonds. The number of aromatic nitrogens is 2. The van der Waals surface area contributed by atoms with Gasteiger partial charge in [0.1, 0.15) is 10.6 Å². The van der Waals surface area contributed by atoms with Crippen LogP contribution in [0.25, 0.3) is 10.8 Å². The molecule has 0 radical (unpaired) electrons. The summed E-state index contributed by atoms with van der Waals surface area (Å²) in [6.45, 7) is 0. The van der Waals surface area contributed by atoms with Crippen LogP contribution in [0.1, 0.15) is 11.3 Å². The van der Waals surface area contributed by atoms with Crippen molar-refractivity contribution in [2.45, 2.75) is 11.3 Å². The largest absolute Gasteiger partial charge is 0.495 e. The summed E-state index contributed by atoms with van der Waals surface area (Å²) in [4.78, 5) is -0.0293. The molecule has 148 valence electrons. The van der Waals surface area contributed by atoms with Crippen LogP contribution in [0.4, 0.5) is 5.69 Å². The first-order valence-electron chi connectivity index (χ1n) is 8.15. The smallest absolute Gasteiger partial charge is 0.244 e. The Balaban J connectivity index is 2.15. The molecule has 7 nitrogen and oxygen atoms in total. The lowest BCUT2D eigenvalue weighted by molar-refractivity contribution is 0.415. The summed E-state index contributed by atoms with van der Waals surface area (Å²) in [6, 6.07) is 8.50. The molecule has 0 fully saturated rings. The van der Waals surface area contributed by atoms with Crippen molar-refractivity contribution in [3.8, 4) is 5.75 Å². The minimum atomic E-state index is -3.73. The van der Waals surface area contributed by atoms with Gasteiger partial charge in [0.05, 0.1) is 23.5 Å². The number of nitrogens with two attached hydrogens (primary N) is 1. The molecule has 0 atom stereocenters. The Morgan fingerprint density at radius 3 is 2.46 bits per heavy atom. The fraction of sp³-hybridized carbons (Fsp3) is 0.222. The lowest BCUT2D eigenvalue weighted by atomic mass is 10.0. The van der Waals surface area contributed by atoms with E-state index in [-0.39, 0.29) is 15.7 Å². The summed E-state index contributed by atoms with van der Waals surface area (Å²) >= 11 is 12.4. The van der Waals surface area contributed by atoms with Crippen LogP contribution in [0.2, 0.25) is 10.2 Å². The van der Waals surface area contributed by atoms with Gasteiger partial charge in [0.15, 0.2) is 5.15 Å². The number of ether oxygens (including phenoxy) is 1. The summed E-state index contributed by atoms with van der Waals surface area (Å²) in [7, 11) is 0.682. The van der Waals surface area contributed by atoms with E-state index in [0.29, 0.717) is 33.7 Å². The number of fused-ring (bicyclic) bond motifs is 1. The van der Waals surface area contributed by atoms with Gasteiger partial charge in [-0.2, -0.15) is 5.10 Å². The van der Waals surface area contributed by atoms with Crippen LogP contribution < -0.4 is 10.5 Å². The number of rotatable bonds is 5. The normalized spacial score (nSPS) is 11.9. The molecule has 0 unspecified atom stereocenters. The van der Waals surface area contributed by atoms with Crippen LogP contribution in [0, 0.1) is 0 Å². The lowest BCUT2D eigenvalue weighted by Crippen LogP contribution is -2.23. The van der Waals surface area contributed by atoms with E-state index in [1.807, 2.05) is 6.07 Å². The van der Waals surface area contributed by atoms with Crippen LogP contribution in [-0.2, 0) is 16.4 Å². The maximum atomic E-state index is 12.5. The van der Waals surface area contributed by atoms with Crippen molar-refractivity contribution in [2.24, 2.45) is 0 Å². The van der Waals surface area contributed by atoms with E-state index in [0.717, 1.165) is 9.87 Å². The van der Waals surface area contributed by atoms with E-state index in [4.69, 9.17) is 33.7 Å². The second kappa shape index (κ2) is 7.71. The van der Waals surface area contributed by atoms with Crippen molar-refractivity contribution in [2.75, 3.05) is 26.9 Å². The Bertz CT molecular complexity index is 1170. The highest BCUT2D eigenvalue weighted by Crippen LogP contribution is 2.35. The van der Waals surface area contributed by atoms with Crippen LogP contribution >= 0.6 is 23.2 Å². The maximum Gasteiger partial charge on any atom is 0.244 e. The van der Waals surface area contributed by atoms with Gasteiger partial charge in [0.25, 0.3) is 0 Å². The van der Waals surface area contributed by atoms with E-state index in [2.05, 4.69) is 10.2 Å². The quantitative estimate of drug-likeness (QED) is 0.610. The van der Waals surface area contributed by atoms with E-state index < -0.39 is 10.0 Å². The first-order valence-corrected chi connectivity index (χ1v) is 10.3. The van der Waals surface area contributed by atoms with Crippen molar-refractivity contribution in [1.29, 1.82) is 0 Å². The first kappa shape index (κ1) is 20.6. The first-order chi connectivity index (χ1) is 13.2. The molecular formula is C18H18Cl2N4O3S. The topological polar surface area (TPSA) is 98.4 Å². The number of anilines is 1. The number of sulfonamides is 1. The molecule has 0 bridgehead atoms. The Morgan fingerprint density at radius 1 is 1.14 bits per heavy atom. The fourth-order valence-corrected chi connectivity index (χ4v) is 4.37. The number of nitrogens with zero attached hydrogens (tertiary/aromatic N) is 3. The Morgan fingerprint density at radius 2 is 1.86 bits per heavy atom. The fourth-order valence-electron chi connectivity index (χ4n) is 2.84. The molecule has 0 aliphatic rings. The molecule has 0 aliphatic heterocycles. The predicted molar refractivity (Wildman–Crippen MR) is 111 cm³/mol. The summed E-state index contributed by atoms with van der Waals surface area (Å²) in [5.74, 6) is 0.570. The number of benzene rings is 2. The zero-order valence-corrected chi connectivity index (χ0v) is 17.7. The minimum Gasteiger partial charge on any atom is -0.495 e. The number of halogens is 2. The highest BCUT2D eigenvalue weighted by Gasteiger charge is 2.24. The second-order valence-corrected chi connectivity index (χ2v) is 9.16. The van der Waals surface area contributed by atoms with Gasteiger partial charge in [-0.1, -0.05) is 35.3 Å². The molecule has 10 heteroatoms. The summed E-state index contributed by atoms with van der Waals surface area (Å²) in [6.07, 6.45) is 0.406. The van der Waals surface area contributed by atoms with Crippen molar-refractivity contribution in [1.82, 2.24) is 14.5 Å². The highest BCUT2D eigenvalue weighted by atomic mass is 35.5. The Hall–Kier alpha value is -2.13. The van der Waals surface area contributed by atoms with E-state index in [1.165, 1.54) is 20.2 Å². The summed E-state index contributed by atoms with van der Waals surface area (Å²) in [5, 5.41) is 9.63. The average Bonchev–Trinajstić information content (AvgIpc) is 2.64. The van der Waals surface area contributed by atoms with Gasteiger partial charge < -0.3 is 10.5 Å². The molecular weight excluding hydrogens is 423 g/mol. The molecule has 1 heterocycles. The van der Waals surface area contributed by atoms with Gasteiger partial charge in [-0.15, -0.1) is 5.10 Å². The molecule has 1 aromatic heterocycles. The van der Waals surface area contributed by atoms with Gasteiger partial charge in [-0.25, -0.2) is 12.7 Å². The molecule has 2 N–H and O–H groups in total. The summed E-state index contributed by atoms with van der Waals surface area (Å²) in [5.41, 5.74) is 7.69. The van der Waals surface area contributed by atoms with E-state index in [1.54, 1.807) is 25.3 Å². The SMILES string of the molecule is COc1ccc(Cc2nnc(Cl)c3c(N)c(S(=O)(=O)N(C)C)ccc23)cc1Cl. The van der Waals surface area contributed by atoms with Gasteiger partial charge >= 0.3 is 0 Å². The third-order valence-electron chi connectivity index (χ3n) is 4.33. The maximum absolute atomic E-state index is 12.5. The standard InChI is InChI=1S/C18H18Cl2N4O3S/c1-24(2)28(25,26)15-7-5-11-13(22-23-18(20)16(11)17(15)21)9-10-4-6-14(27-3)12(19)8-10/h4-8H,9,21H2,1-3H3. The molecule has 3 rings (SSSR count). The molecule has 0 saturated heterocycles. The molecule has 0 spiro atoms. The Kier molecular flexibility index (Phi) is 5.67. The molecule has 0 aliphatic carbocycles. The van der Waals surface area contributed by atoms with E-state index >= 15 is 0 Å². The van der Waals surface area contributed by atoms with Crippen molar-refractivity contribution < 1.29 is 13.2 Å². The predicted octanol–water partition coefficient (Wildman–Crippen LogP) is 3.37. The van der Waals surface area contributed by atoms with Gasteiger partial charge in [-0.3, -0.25) is 0 Å². The van der Waals surface area contributed by atoms with E-state index in [9.17, 15) is 8.42 Å². The molecule has 3 aromatic rings. The third kappa shape index (κ3) is 3.60. The molecule has 0 saturated carbocycles. The minimum absolute atomic E-state index is 0.0293. The second-order valence-electron chi connectivity index (χ2n) is 6.27. The number of hydrogen-bond acceptors (Lipinski definition) is 6. The van der Waals surface area contributed by atoms with Crippen LogP contribution in [0.15, 0.2) is 35.2 Å². The molecule has 28 heavy (non-hydrogen) atoms. The number of methoxy groups -OCH3 is 1. The van der Waals surface area contributed by atoms with Crippen LogP contribution in [0.3, 0.4) is 0 Å². The zero-order chi connectivity index (χ0) is 20.6. The monoisotopic (exact) mass is 440 g/mol. The van der Waals surface area contributed by atoms with Crippen LogP contribution in [0.5, 0.6) is 5.75 Å². The van der Waals surface area contributed by atoms with Crippen LogP contribution in [-0.4, -0.2) is 44.1 Å². The summed E-state index contributed by atoms with van der Waals surface area (Å²) < 4.78 is 31.3. The Labute approximate surface area is 173 Å². The van der Waals surface area contributed by atoms with Gasteiger partial charge in [0.2, 0.25) is 10.0 Å².